The summed E-state index contributed by atoms with van der Waals surface area (Å²) in [5.41, 5.74) is 1.26. The number of amides is 2. The molecular weight excluding hydrogens is 325 g/mol. The number of rotatable bonds is 5. The summed E-state index contributed by atoms with van der Waals surface area (Å²) >= 11 is 0. The molecule has 3 rings (SSSR count). The van der Waals surface area contributed by atoms with Crippen molar-refractivity contribution in [2.24, 2.45) is 0 Å². The lowest BCUT2D eigenvalue weighted by molar-refractivity contribution is 0.0815. The summed E-state index contributed by atoms with van der Waals surface area (Å²) in [6.07, 6.45) is 3.20. The molecule has 0 radical (unpaired) electrons. The summed E-state index contributed by atoms with van der Waals surface area (Å²) in [5.74, 6) is 0.00693. The molecule has 0 spiro atoms. The second kappa shape index (κ2) is 7.94. The maximum atomic E-state index is 13.2. The first kappa shape index (κ1) is 17.2. The number of carbonyl (C=O) groups is 1. The molecule has 25 heavy (non-hydrogen) atoms. The molecule has 0 aliphatic carbocycles. The van der Waals surface area contributed by atoms with Crippen molar-refractivity contribution in [2.75, 3.05) is 19.0 Å². The van der Waals surface area contributed by atoms with Gasteiger partial charge in [0.05, 0.1) is 19.3 Å². The molecule has 1 aliphatic rings. The van der Waals surface area contributed by atoms with Gasteiger partial charge in [-0.05, 0) is 42.7 Å². The fourth-order valence-corrected chi connectivity index (χ4v) is 2.87. The Morgan fingerprint density at radius 3 is 2.84 bits per heavy atom. The second-order valence-electron chi connectivity index (χ2n) is 5.74. The molecule has 0 saturated carbocycles. The number of ether oxygens (including phenoxy) is 2. The molecule has 2 atom stereocenters. The number of methoxy groups -OCH3 is 1. The van der Waals surface area contributed by atoms with Gasteiger partial charge in [0.1, 0.15) is 11.5 Å². The van der Waals surface area contributed by atoms with Crippen molar-refractivity contribution in [3.8, 4) is 5.88 Å². The molecule has 1 aromatic carbocycles. The van der Waals surface area contributed by atoms with Gasteiger partial charge >= 0.3 is 6.03 Å². The van der Waals surface area contributed by atoms with Gasteiger partial charge in [-0.15, -0.1) is 0 Å². The third kappa shape index (κ3) is 4.24. The predicted molar refractivity (Wildman–Crippen MR) is 91.1 cm³/mol. The number of urea groups is 1. The molecule has 7 heteroatoms. The fraction of sp³-hybridized carbons (Fsp3) is 0.333. The van der Waals surface area contributed by atoms with Crippen LogP contribution in [0.15, 0.2) is 42.6 Å². The smallest absolute Gasteiger partial charge is 0.319 e. The number of hydrogen-bond acceptors (Lipinski definition) is 4. The highest BCUT2D eigenvalue weighted by molar-refractivity contribution is 5.90. The molecule has 1 saturated heterocycles. The zero-order valence-electron chi connectivity index (χ0n) is 13.9. The first-order valence-corrected chi connectivity index (χ1v) is 8.11. The van der Waals surface area contributed by atoms with Gasteiger partial charge in [-0.3, -0.25) is 0 Å². The van der Waals surface area contributed by atoms with Crippen LogP contribution in [-0.2, 0) is 4.74 Å². The van der Waals surface area contributed by atoms with Crippen molar-refractivity contribution in [3.05, 3.63) is 54.0 Å². The zero-order chi connectivity index (χ0) is 17.6. The monoisotopic (exact) mass is 345 g/mol. The van der Waals surface area contributed by atoms with Crippen LogP contribution in [0.2, 0.25) is 0 Å². The van der Waals surface area contributed by atoms with E-state index in [1.54, 1.807) is 30.5 Å². The van der Waals surface area contributed by atoms with Gasteiger partial charge in [0.15, 0.2) is 0 Å². The number of hydrogen-bond donors (Lipinski definition) is 2. The molecule has 2 heterocycles. The average molecular weight is 345 g/mol. The Bertz CT molecular complexity index is 718. The number of aromatic nitrogens is 1. The van der Waals surface area contributed by atoms with E-state index in [-0.39, 0.29) is 18.0 Å². The van der Waals surface area contributed by atoms with Crippen LogP contribution in [0.25, 0.3) is 0 Å². The van der Waals surface area contributed by atoms with E-state index < -0.39 is 6.03 Å². The molecule has 132 valence electrons. The highest BCUT2D eigenvalue weighted by Gasteiger charge is 2.29. The molecule has 2 N–H and O–H groups in total. The lowest BCUT2D eigenvalue weighted by atomic mass is 9.99. The molecule has 0 unspecified atom stereocenters. The van der Waals surface area contributed by atoms with Crippen LogP contribution in [0, 0.1) is 5.82 Å². The largest absolute Gasteiger partial charge is 0.480 e. The van der Waals surface area contributed by atoms with Crippen LogP contribution < -0.4 is 15.4 Å². The van der Waals surface area contributed by atoms with E-state index in [1.165, 1.54) is 19.2 Å². The minimum atomic E-state index is -0.406. The van der Waals surface area contributed by atoms with Crippen LogP contribution >= 0.6 is 0 Å². The number of pyridine rings is 1. The lowest BCUT2D eigenvalue weighted by Crippen LogP contribution is -2.38. The topological polar surface area (TPSA) is 72.5 Å². The third-order valence-electron chi connectivity index (χ3n) is 4.07. The van der Waals surface area contributed by atoms with E-state index in [4.69, 9.17) is 9.47 Å². The molecule has 2 amide bonds. The highest BCUT2D eigenvalue weighted by atomic mass is 19.1. The SMILES string of the molecule is COc1ncccc1NC(=O)N[C@@H](c1ccc(F)cc1)[C@H]1CCCO1. The average Bonchev–Trinajstić information content (AvgIpc) is 3.15. The van der Waals surface area contributed by atoms with Crippen LogP contribution in [0.1, 0.15) is 24.4 Å². The van der Waals surface area contributed by atoms with Crippen LogP contribution in [-0.4, -0.2) is 30.8 Å². The maximum Gasteiger partial charge on any atom is 0.319 e. The van der Waals surface area contributed by atoms with Crippen molar-refractivity contribution < 1.29 is 18.7 Å². The Kier molecular flexibility index (Phi) is 5.45. The van der Waals surface area contributed by atoms with Crippen molar-refractivity contribution in [1.82, 2.24) is 10.3 Å². The van der Waals surface area contributed by atoms with E-state index >= 15 is 0 Å². The third-order valence-corrected chi connectivity index (χ3v) is 4.07. The van der Waals surface area contributed by atoms with Crippen LogP contribution in [0.4, 0.5) is 14.9 Å². The highest BCUT2D eigenvalue weighted by Crippen LogP contribution is 2.27. The fourth-order valence-electron chi connectivity index (χ4n) is 2.87. The molecule has 1 fully saturated rings. The molecule has 0 bridgehead atoms. The molecule has 6 nitrogen and oxygen atoms in total. The number of halogens is 1. The van der Waals surface area contributed by atoms with Crippen molar-refractivity contribution in [3.63, 3.8) is 0 Å². The number of nitrogens with zero attached hydrogens (tertiary/aromatic N) is 1. The van der Waals surface area contributed by atoms with Gasteiger partial charge in [-0.2, -0.15) is 0 Å². The normalized spacial score (nSPS) is 17.8. The first-order chi connectivity index (χ1) is 12.2. The molecule has 1 aliphatic heterocycles. The van der Waals surface area contributed by atoms with Crippen LogP contribution in [0.5, 0.6) is 5.88 Å². The number of carbonyl (C=O) groups excluding carboxylic acids is 1. The minimum absolute atomic E-state index is 0.146. The van der Waals surface area contributed by atoms with Crippen molar-refractivity contribution in [1.29, 1.82) is 0 Å². The Morgan fingerprint density at radius 2 is 2.16 bits per heavy atom. The van der Waals surface area contributed by atoms with Crippen molar-refractivity contribution >= 4 is 11.7 Å². The standard InChI is InChI=1S/C18H20FN3O3/c1-24-17-14(4-2-10-20-17)21-18(23)22-16(15-5-3-11-25-15)12-6-8-13(19)9-7-12/h2,4,6-10,15-16H,3,5,11H2,1H3,(H2,21,22,23)/t15-,16+/m1/s1. The summed E-state index contributed by atoms with van der Waals surface area (Å²) in [4.78, 5) is 16.5. The summed E-state index contributed by atoms with van der Waals surface area (Å²) < 4.78 is 24.1. The lowest BCUT2D eigenvalue weighted by Gasteiger charge is -2.25. The summed E-state index contributed by atoms with van der Waals surface area (Å²) in [7, 11) is 1.49. The Balaban J connectivity index is 1.75. The van der Waals surface area contributed by atoms with E-state index in [2.05, 4.69) is 15.6 Å². The first-order valence-electron chi connectivity index (χ1n) is 8.11. The van der Waals surface area contributed by atoms with Gasteiger partial charge in [-0.1, -0.05) is 12.1 Å². The minimum Gasteiger partial charge on any atom is -0.480 e. The van der Waals surface area contributed by atoms with Gasteiger partial charge in [0.2, 0.25) is 5.88 Å². The maximum absolute atomic E-state index is 13.2. The number of benzene rings is 1. The van der Waals surface area contributed by atoms with Crippen molar-refractivity contribution in [2.45, 2.75) is 25.0 Å². The summed E-state index contributed by atoms with van der Waals surface area (Å²) in [5, 5.41) is 5.64. The number of nitrogens with one attached hydrogen (secondary N) is 2. The van der Waals surface area contributed by atoms with Gasteiger partial charge < -0.3 is 20.1 Å². The van der Waals surface area contributed by atoms with E-state index in [1.807, 2.05) is 0 Å². The van der Waals surface area contributed by atoms with E-state index in [9.17, 15) is 9.18 Å². The second-order valence-corrected chi connectivity index (χ2v) is 5.74. The predicted octanol–water partition coefficient (Wildman–Crippen LogP) is 3.27. The number of anilines is 1. The van der Waals surface area contributed by atoms with Crippen LogP contribution in [0.3, 0.4) is 0 Å². The van der Waals surface area contributed by atoms with E-state index in [0.29, 0.717) is 18.2 Å². The Hall–Kier alpha value is -2.67. The summed E-state index contributed by atoms with van der Waals surface area (Å²) in [6, 6.07) is 8.70. The zero-order valence-corrected chi connectivity index (χ0v) is 13.9. The van der Waals surface area contributed by atoms with Gasteiger partial charge in [-0.25, -0.2) is 14.2 Å². The molecule has 2 aromatic rings. The summed E-state index contributed by atoms with van der Waals surface area (Å²) in [6.45, 7) is 0.655. The Labute approximate surface area is 145 Å². The van der Waals surface area contributed by atoms with E-state index in [0.717, 1.165) is 18.4 Å². The quantitative estimate of drug-likeness (QED) is 0.872. The molecular formula is C18H20FN3O3. The molecule has 1 aromatic heterocycles. The van der Waals surface area contributed by atoms with Gasteiger partial charge in [0.25, 0.3) is 0 Å². The van der Waals surface area contributed by atoms with Gasteiger partial charge in [0, 0.05) is 12.8 Å². The Morgan fingerprint density at radius 1 is 1.36 bits per heavy atom.